The third kappa shape index (κ3) is 2.66. The van der Waals surface area contributed by atoms with Crippen LogP contribution in [0.3, 0.4) is 0 Å². The lowest BCUT2D eigenvalue weighted by molar-refractivity contribution is 0.411. The summed E-state index contributed by atoms with van der Waals surface area (Å²) >= 11 is 1.59. The van der Waals surface area contributed by atoms with Crippen molar-refractivity contribution in [3.8, 4) is 11.7 Å². The van der Waals surface area contributed by atoms with Crippen LogP contribution in [0.2, 0.25) is 0 Å². The molecule has 0 N–H and O–H groups in total. The molecule has 0 saturated heterocycles. The van der Waals surface area contributed by atoms with Crippen molar-refractivity contribution in [3.05, 3.63) is 30.0 Å². The lowest BCUT2D eigenvalue weighted by Gasteiger charge is -2.04. The third-order valence-corrected chi connectivity index (χ3v) is 4.57. The van der Waals surface area contributed by atoms with Crippen LogP contribution < -0.4 is 0 Å². The highest BCUT2D eigenvalue weighted by atomic mass is 32.2. The van der Waals surface area contributed by atoms with Crippen molar-refractivity contribution in [1.29, 1.82) is 0 Å². The summed E-state index contributed by atoms with van der Waals surface area (Å²) in [6.45, 7) is 0.995. The molecule has 0 amide bonds. The highest BCUT2D eigenvalue weighted by molar-refractivity contribution is 7.98. The summed E-state index contributed by atoms with van der Waals surface area (Å²) in [6.07, 6.45) is 6.23. The second-order valence-corrected chi connectivity index (χ2v) is 6.09. The van der Waals surface area contributed by atoms with E-state index in [2.05, 4.69) is 24.9 Å². The monoisotopic (exact) mass is 317 g/mol. The topological polar surface area (TPSA) is 82.8 Å². The van der Waals surface area contributed by atoms with E-state index in [1.54, 1.807) is 30.2 Å². The van der Waals surface area contributed by atoms with Gasteiger partial charge in [0.25, 0.3) is 5.89 Å². The smallest absolute Gasteiger partial charge is 0.293 e. The zero-order chi connectivity index (χ0) is 14.8. The average Bonchev–Trinajstić information content (AvgIpc) is 3.24. The van der Waals surface area contributed by atoms with Gasteiger partial charge in [0.2, 0.25) is 0 Å². The number of hydrogen-bond acceptors (Lipinski definition) is 7. The van der Waals surface area contributed by atoms with Crippen LogP contribution in [0.5, 0.6) is 0 Å². The van der Waals surface area contributed by atoms with Crippen molar-refractivity contribution in [3.63, 3.8) is 0 Å². The van der Waals surface area contributed by atoms with E-state index in [4.69, 9.17) is 8.94 Å². The van der Waals surface area contributed by atoms with Crippen LogP contribution in [0, 0.1) is 0 Å². The van der Waals surface area contributed by atoms with Gasteiger partial charge in [0.1, 0.15) is 5.82 Å². The number of nitrogens with zero attached hydrogens (tertiary/aromatic N) is 5. The Kier molecular flexibility index (Phi) is 3.67. The van der Waals surface area contributed by atoms with E-state index in [1.165, 1.54) is 19.3 Å². The van der Waals surface area contributed by atoms with Crippen molar-refractivity contribution in [2.24, 2.45) is 0 Å². The first-order chi connectivity index (χ1) is 10.9. The molecule has 0 spiro atoms. The Hall–Kier alpha value is -2.09. The van der Waals surface area contributed by atoms with Crippen LogP contribution in [0.4, 0.5) is 0 Å². The lowest BCUT2D eigenvalue weighted by atomic mass is 10.2. The number of fused-ring (bicyclic) bond motifs is 1. The highest BCUT2D eigenvalue weighted by Gasteiger charge is 2.17. The van der Waals surface area contributed by atoms with E-state index in [9.17, 15) is 0 Å². The van der Waals surface area contributed by atoms with Gasteiger partial charge in [-0.3, -0.25) is 0 Å². The molecule has 114 valence electrons. The quantitative estimate of drug-likeness (QED) is 0.684. The largest absolute Gasteiger partial charge is 0.459 e. The Morgan fingerprint density at radius 3 is 3.14 bits per heavy atom. The zero-order valence-corrected chi connectivity index (χ0v) is 12.8. The Morgan fingerprint density at radius 1 is 1.23 bits per heavy atom. The van der Waals surface area contributed by atoms with Gasteiger partial charge in [-0.05, 0) is 25.0 Å². The molecule has 8 heteroatoms. The molecule has 3 aromatic rings. The van der Waals surface area contributed by atoms with E-state index in [-0.39, 0.29) is 0 Å². The molecule has 0 unspecified atom stereocenters. The Morgan fingerprint density at radius 2 is 2.23 bits per heavy atom. The molecule has 0 bridgehead atoms. The molecule has 1 aliphatic rings. The molecule has 7 nitrogen and oxygen atoms in total. The van der Waals surface area contributed by atoms with E-state index in [0.29, 0.717) is 23.2 Å². The number of furan rings is 1. The zero-order valence-electron chi connectivity index (χ0n) is 11.9. The molecule has 0 atom stereocenters. The fraction of sp³-hybridized carbons (Fsp3) is 0.429. The molecule has 0 radical (unpaired) electrons. The predicted molar refractivity (Wildman–Crippen MR) is 79.1 cm³/mol. The molecule has 4 rings (SSSR count). The summed E-state index contributed by atoms with van der Waals surface area (Å²) in [6, 6.07) is 3.59. The molecule has 1 aliphatic heterocycles. The highest BCUT2D eigenvalue weighted by Crippen LogP contribution is 2.25. The molecule has 0 saturated carbocycles. The van der Waals surface area contributed by atoms with E-state index in [1.807, 2.05) is 0 Å². The third-order valence-electron chi connectivity index (χ3n) is 3.61. The summed E-state index contributed by atoms with van der Waals surface area (Å²) in [5.74, 6) is 3.30. The summed E-state index contributed by atoms with van der Waals surface area (Å²) in [4.78, 5) is 4.33. The lowest BCUT2D eigenvalue weighted by Crippen LogP contribution is -2.02. The molecular weight excluding hydrogens is 302 g/mol. The van der Waals surface area contributed by atoms with Gasteiger partial charge >= 0.3 is 0 Å². The van der Waals surface area contributed by atoms with Crippen molar-refractivity contribution in [2.75, 3.05) is 0 Å². The number of aromatic nitrogens is 5. The summed E-state index contributed by atoms with van der Waals surface area (Å²) < 4.78 is 12.7. The van der Waals surface area contributed by atoms with Crippen LogP contribution in [-0.2, 0) is 18.7 Å². The van der Waals surface area contributed by atoms with Gasteiger partial charge in [-0.25, -0.2) is 0 Å². The summed E-state index contributed by atoms with van der Waals surface area (Å²) in [5, 5.41) is 13.5. The average molecular weight is 317 g/mol. The van der Waals surface area contributed by atoms with Gasteiger partial charge in [-0.2, -0.15) is 4.98 Å². The second-order valence-electron chi connectivity index (χ2n) is 5.14. The first-order valence-electron chi connectivity index (χ1n) is 7.31. The normalized spacial score (nSPS) is 14.7. The van der Waals surface area contributed by atoms with E-state index in [0.717, 1.165) is 23.9 Å². The van der Waals surface area contributed by atoms with Crippen LogP contribution in [0.1, 0.15) is 30.9 Å². The molecule has 0 fully saturated rings. The van der Waals surface area contributed by atoms with Crippen molar-refractivity contribution in [2.45, 2.75) is 43.1 Å². The van der Waals surface area contributed by atoms with Crippen molar-refractivity contribution >= 4 is 11.8 Å². The number of hydrogen-bond donors (Lipinski definition) is 0. The number of thioether (sulfide) groups is 1. The summed E-state index contributed by atoms with van der Waals surface area (Å²) in [5.41, 5.74) is 0. The van der Waals surface area contributed by atoms with Gasteiger partial charge in [0, 0.05) is 13.0 Å². The minimum atomic E-state index is 0.403. The fourth-order valence-corrected chi connectivity index (χ4v) is 3.33. The second kappa shape index (κ2) is 5.96. The molecular formula is C14H15N5O2S. The van der Waals surface area contributed by atoms with Gasteiger partial charge in [0.05, 0.1) is 12.0 Å². The first kappa shape index (κ1) is 13.6. The standard InChI is InChI=1S/C14H15N5O2S/c1-2-6-12-16-17-14(19(12)7-3-1)22-9-11-15-13(21-18-11)10-5-4-8-20-10/h4-5,8H,1-3,6-7,9H2. The van der Waals surface area contributed by atoms with Crippen molar-refractivity contribution in [1.82, 2.24) is 24.9 Å². The number of aryl methyl sites for hydroxylation is 1. The molecule has 3 aromatic heterocycles. The maximum absolute atomic E-state index is 5.24. The van der Waals surface area contributed by atoms with Crippen molar-refractivity contribution < 1.29 is 8.94 Å². The van der Waals surface area contributed by atoms with Gasteiger partial charge in [-0.1, -0.05) is 23.3 Å². The maximum Gasteiger partial charge on any atom is 0.293 e. The molecule has 0 aromatic carbocycles. The minimum Gasteiger partial charge on any atom is -0.459 e. The van der Waals surface area contributed by atoms with Gasteiger partial charge in [0.15, 0.2) is 16.7 Å². The van der Waals surface area contributed by atoms with Crippen LogP contribution in [0.15, 0.2) is 32.5 Å². The SMILES string of the molecule is c1coc(-c2nc(CSc3nnc4n3CCCCC4)no2)c1. The molecule has 0 aliphatic carbocycles. The van der Waals surface area contributed by atoms with E-state index < -0.39 is 0 Å². The minimum absolute atomic E-state index is 0.403. The fourth-order valence-electron chi connectivity index (χ4n) is 2.51. The van der Waals surface area contributed by atoms with Crippen LogP contribution >= 0.6 is 11.8 Å². The van der Waals surface area contributed by atoms with Crippen LogP contribution in [0.25, 0.3) is 11.7 Å². The van der Waals surface area contributed by atoms with Crippen LogP contribution in [-0.4, -0.2) is 24.9 Å². The predicted octanol–water partition coefficient (Wildman–Crippen LogP) is 2.94. The number of rotatable bonds is 4. The molecule has 4 heterocycles. The van der Waals surface area contributed by atoms with E-state index >= 15 is 0 Å². The first-order valence-corrected chi connectivity index (χ1v) is 8.30. The Labute approximate surface area is 131 Å². The van der Waals surface area contributed by atoms with Gasteiger partial charge < -0.3 is 13.5 Å². The summed E-state index contributed by atoms with van der Waals surface area (Å²) in [7, 11) is 0. The van der Waals surface area contributed by atoms with Gasteiger partial charge in [-0.15, -0.1) is 10.2 Å². The Bertz CT molecular complexity index is 749. The Balaban J connectivity index is 1.46. The maximum atomic E-state index is 5.24. The molecule has 22 heavy (non-hydrogen) atoms.